The molecule has 0 radical (unpaired) electrons. The minimum Gasteiger partial charge on any atom is -0.376 e. The van der Waals surface area contributed by atoms with Crippen molar-refractivity contribution in [1.82, 2.24) is 0 Å². The van der Waals surface area contributed by atoms with Gasteiger partial charge >= 0.3 is 6.18 Å². The molecular weight excluding hydrogens is 219 g/mol. The van der Waals surface area contributed by atoms with Crippen LogP contribution in [-0.4, -0.2) is 22.8 Å². The molecule has 3 rings (SSSR count). The van der Waals surface area contributed by atoms with E-state index >= 15 is 0 Å². The molecule has 3 saturated carbocycles. The number of alkyl halides is 5. The molecule has 2 bridgehead atoms. The van der Waals surface area contributed by atoms with Crippen molar-refractivity contribution in [3.63, 3.8) is 0 Å². The van der Waals surface area contributed by atoms with Crippen LogP contribution in [0.15, 0.2) is 0 Å². The second-order valence-corrected chi connectivity index (χ2v) is 4.44. The van der Waals surface area contributed by atoms with Gasteiger partial charge < -0.3 is 5.11 Å². The molecule has 88 valence electrons. The van der Waals surface area contributed by atoms with Gasteiger partial charge in [-0.05, 0) is 25.7 Å². The van der Waals surface area contributed by atoms with Crippen LogP contribution in [-0.2, 0) is 0 Å². The molecule has 6 heteroatoms. The molecule has 0 heterocycles. The van der Waals surface area contributed by atoms with Gasteiger partial charge in [-0.2, -0.15) is 13.2 Å². The summed E-state index contributed by atoms with van der Waals surface area (Å²) in [6.45, 7) is 0. The summed E-state index contributed by atoms with van der Waals surface area (Å²) in [6.07, 6.45) is -5.01. The average Bonchev–Trinajstić information content (AvgIpc) is 2.12. The molecule has 0 aliphatic heterocycles. The SMILES string of the molecule is OC1(C(F)(F)F)C2CCC(CC2)C1(F)F. The third kappa shape index (κ3) is 1.17. The van der Waals surface area contributed by atoms with E-state index in [1.54, 1.807) is 0 Å². The highest BCUT2D eigenvalue weighted by Crippen LogP contribution is 2.61. The number of hydrogen-bond donors (Lipinski definition) is 1. The van der Waals surface area contributed by atoms with E-state index < -0.39 is 29.5 Å². The Kier molecular flexibility index (Phi) is 2.10. The molecule has 0 saturated heterocycles. The summed E-state index contributed by atoms with van der Waals surface area (Å²) < 4.78 is 64.6. The zero-order chi connectivity index (χ0) is 11.5. The molecule has 0 aromatic rings. The molecule has 1 unspecified atom stereocenters. The van der Waals surface area contributed by atoms with Crippen LogP contribution in [0.3, 0.4) is 0 Å². The van der Waals surface area contributed by atoms with Gasteiger partial charge in [0.15, 0.2) is 0 Å². The summed E-state index contributed by atoms with van der Waals surface area (Å²) in [4.78, 5) is 0. The number of hydrogen-bond acceptors (Lipinski definition) is 1. The van der Waals surface area contributed by atoms with Crippen LogP contribution < -0.4 is 0 Å². The van der Waals surface area contributed by atoms with Crippen molar-refractivity contribution in [2.24, 2.45) is 11.8 Å². The summed E-state index contributed by atoms with van der Waals surface area (Å²) in [5, 5.41) is 9.35. The predicted molar refractivity (Wildman–Crippen MR) is 41.4 cm³/mol. The first-order valence-electron chi connectivity index (χ1n) is 4.88. The Balaban J connectivity index is 2.46. The molecule has 3 aliphatic carbocycles. The highest BCUT2D eigenvalue weighted by atomic mass is 19.4. The van der Waals surface area contributed by atoms with Crippen molar-refractivity contribution >= 4 is 0 Å². The molecule has 3 aliphatic rings. The second-order valence-electron chi connectivity index (χ2n) is 4.44. The van der Waals surface area contributed by atoms with E-state index in [9.17, 15) is 27.1 Å². The van der Waals surface area contributed by atoms with Crippen LogP contribution >= 0.6 is 0 Å². The molecule has 3 fully saturated rings. The summed E-state index contributed by atoms with van der Waals surface area (Å²) in [6, 6.07) is 0. The van der Waals surface area contributed by atoms with Crippen molar-refractivity contribution in [2.45, 2.75) is 43.4 Å². The smallest absolute Gasteiger partial charge is 0.376 e. The first-order chi connectivity index (χ1) is 6.71. The summed E-state index contributed by atoms with van der Waals surface area (Å²) in [7, 11) is 0. The van der Waals surface area contributed by atoms with E-state index in [1.807, 2.05) is 0 Å². The lowest BCUT2D eigenvalue weighted by Crippen LogP contribution is -2.70. The zero-order valence-corrected chi connectivity index (χ0v) is 7.82. The van der Waals surface area contributed by atoms with E-state index in [4.69, 9.17) is 0 Å². The second kappa shape index (κ2) is 2.84. The fraction of sp³-hybridized carbons (Fsp3) is 1.00. The van der Waals surface area contributed by atoms with Crippen LogP contribution in [0.4, 0.5) is 22.0 Å². The fourth-order valence-corrected chi connectivity index (χ4v) is 2.88. The molecule has 0 aromatic heterocycles. The number of aliphatic hydroxyl groups is 1. The Morgan fingerprint density at radius 2 is 1.33 bits per heavy atom. The zero-order valence-electron chi connectivity index (χ0n) is 7.82. The van der Waals surface area contributed by atoms with Crippen molar-refractivity contribution in [1.29, 1.82) is 0 Å². The Morgan fingerprint density at radius 1 is 0.933 bits per heavy atom. The van der Waals surface area contributed by atoms with Gasteiger partial charge in [-0.15, -0.1) is 0 Å². The van der Waals surface area contributed by atoms with E-state index in [-0.39, 0.29) is 25.7 Å². The van der Waals surface area contributed by atoms with E-state index in [2.05, 4.69) is 0 Å². The van der Waals surface area contributed by atoms with Crippen LogP contribution in [0.25, 0.3) is 0 Å². The molecule has 15 heavy (non-hydrogen) atoms. The standard InChI is InChI=1S/C9H11F5O/c10-8(11)6-3-1-5(2-4-6)7(8,15)9(12,13)14/h5-6,15H,1-4H2. The molecule has 1 atom stereocenters. The third-order valence-corrected chi connectivity index (χ3v) is 3.77. The topological polar surface area (TPSA) is 20.2 Å². The van der Waals surface area contributed by atoms with Gasteiger partial charge in [0.05, 0.1) is 0 Å². The fourth-order valence-electron chi connectivity index (χ4n) is 2.88. The Hall–Kier alpha value is -0.390. The highest BCUT2D eigenvalue weighted by molar-refractivity contribution is 5.12. The molecule has 0 spiro atoms. The van der Waals surface area contributed by atoms with Gasteiger partial charge in [-0.3, -0.25) is 0 Å². The van der Waals surface area contributed by atoms with E-state index in [1.165, 1.54) is 0 Å². The van der Waals surface area contributed by atoms with Crippen LogP contribution in [0, 0.1) is 11.8 Å². The van der Waals surface area contributed by atoms with Gasteiger partial charge in [-0.25, -0.2) is 8.78 Å². The number of halogens is 5. The molecule has 0 amide bonds. The number of fused-ring (bicyclic) bond motifs is 3. The predicted octanol–water partition coefficient (Wildman–Crippen LogP) is 2.74. The maximum absolute atomic E-state index is 13.5. The van der Waals surface area contributed by atoms with Gasteiger partial charge in [0.25, 0.3) is 5.92 Å². The monoisotopic (exact) mass is 230 g/mol. The highest BCUT2D eigenvalue weighted by Gasteiger charge is 2.77. The van der Waals surface area contributed by atoms with Gasteiger partial charge in [-0.1, -0.05) is 0 Å². The van der Waals surface area contributed by atoms with Crippen molar-refractivity contribution in [3.8, 4) is 0 Å². The third-order valence-electron chi connectivity index (χ3n) is 3.77. The van der Waals surface area contributed by atoms with Crippen LogP contribution in [0.1, 0.15) is 25.7 Å². The molecule has 0 aromatic carbocycles. The lowest BCUT2D eigenvalue weighted by atomic mass is 9.59. The Morgan fingerprint density at radius 3 is 1.60 bits per heavy atom. The van der Waals surface area contributed by atoms with Crippen LogP contribution in [0.5, 0.6) is 0 Å². The molecule has 1 nitrogen and oxygen atoms in total. The van der Waals surface area contributed by atoms with E-state index in [0.29, 0.717) is 0 Å². The summed E-state index contributed by atoms with van der Waals surface area (Å²) >= 11 is 0. The molecule has 1 N–H and O–H groups in total. The van der Waals surface area contributed by atoms with Crippen molar-refractivity contribution in [3.05, 3.63) is 0 Å². The Bertz CT molecular complexity index is 266. The minimum absolute atomic E-state index is 0.0380. The van der Waals surface area contributed by atoms with Crippen molar-refractivity contribution in [2.75, 3.05) is 0 Å². The number of rotatable bonds is 0. The van der Waals surface area contributed by atoms with Crippen molar-refractivity contribution < 1.29 is 27.1 Å². The van der Waals surface area contributed by atoms with Gasteiger partial charge in [0, 0.05) is 11.8 Å². The quantitative estimate of drug-likeness (QED) is 0.634. The first kappa shape index (κ1) is 11.1. The normalized spacial score (nSPS) is 44.4. The minimum atomic E-state index is -5.25. The lowest BCUT2D eigenvalue weighted by molar-refractivity contribution is -0.385. The first-order valence-corrected chi connectivity index (χ1v) is 4.88. The largest absolute Gasteiger partial charge is 0.423 e. The summed E-state index contributed by atoms with van der Waals surface area (Å²) in [5.41, 5.74) is -3.80. The maximum atomic E-state index is 13.5. The summed E-state index contributed by atoms with van der Waals surface area (Å²) in [5.74, 6) is -6.71. The lowest BCUT2D eigenvalue weighted by Gasteiger charge is -2.53. The van der Waals surface area contributed by atoms with Gasteiger partial charge in [0.2, 0.25) is 5.60 Å². The van der Waals surface area contributed by atoms with Crippen LogP contribution in [0.2, 0.25) is 0 Å². The Labute approximate surface area is 83.3 Å². The van der Waals surface area contributed by atoms with E-state index in [0.717, 1.165) is 0 Å². The van der Waals surface area contributed by atoms with Gasteiger partial charge in [0.1, 0.15) is 0 Å². The molecular formula is C9H11F5O. The average molecular weight is 230 g/mol. The maximum Gasteiger partial charge on any atom is 0.423 e.